The van der Waals surface area contributed by atoms with E-state index >= 15 is 0 Å². The fourth-order valence-corrected chi connectivity index (χ4v) is 4.60. The number of para-hydroxylation sites is 1. The number of benzene rings is 1. The van der Waals surface area contributed by atoms with Crippen LogP contribution in [0.3, 0.4) is 0 Å². The van der Waals surface area contributed by atoms with Crippen LogP contribution in [0.2, 0.25) is 0 Å². The molecule has 2 aromatic rings. The van der Waals surface area contributed by atoms with E-state index in [1.165, 1.54) is 17.3 Å². The van der Waals surface area contributed by atoms with Crippen LogP contribution in [-0.4, -0.2) is 23.2 Å². The maximum atomic E-state index is 12.8. The first-order valence-corrected chi connectivity index (χ1v) is 10.6. The molecule has 0 saturated carbocycles. The number of hydrogen-bond acceptors (Lipinski definition) is 6. The lowest BCUT2D eigenvalue weighted by molar-refractivity contribution is -0.118. The van der Waals surface area contributed by atoms with Gasteiger partial charge >= 0.3 is 0 Å². The Labute approximate surface area is 175 Å². The lowest BCUT2D eigenvalue weighted by Crippen LogP contribution is -2.35. The molecule has 0 spiro atoms. The van der Waals surface area contributed by atoms with Gasteiger partial charge in [-0.25, -0.2) is 4.98 Å². The molecule has 0 atom stereocenters. The minimum Gasteiger partial charge on any atom is -0.383 e. The number of nitrogens with zero attached hydrogens (tertiary/aromatic N) is 4. The average molecular weight is 406 g/mol. The summed E-state index contributed by atoms with van der Waals surface area (Å²) in [6.07, 6.45) is 2.29. The van der Waals surface area contributed by atoms with Crippen LogP contribution in [0.15, 0.2) is 29.3 Å². The third-order valence-corrected chi connectivity index (χ3v) is 5.97. The van der Waals surface area contributed by atoms with E-state index in [0.29, 0.717) is 28.3 Å². The molecule has 2 heterocycles. The maximum Gasteiger partial charge on any atom is 0.227 e. The van der Waals surface area contributed by atoms with Gasteiger partial charge in [0.1, 0.15) is 23.0 Å². The van der Waals surface area contributed by atoms with Crippen molar-refractivity contribution >= 4 is 29.2 Å². The number of aromatic nitrogens is 1. The van der Waals surface area contributed by atoms with E-state index in [0.717, 1.165) is 25.1 Å². The number of rotatable bonds is 5. The summed E-state index contributed by atoms with van der Waals surface area (Å²) in [4.78, 5) is 18.9. The van der Waals surface area contributed by atoms with Crippen LogP contribution in [-0.2, 0) is 11.2 Å². The summed E-state index contributed by atoms with van der Waals surface area (Å²) >= 11 is 1.34. The Kier molecular flexibility index (Phi) is 6.41. The van der Waals surface area contributed by atoms with Crippen LogP contribution >= 0.6 is 11.8 Å². The molecule has 1 amide bonds. The van der Waals surface area contributed by atoms with Crippen molar-refractivity contribution in [3.05, 3.63) is 46.5 Å². The number of hydrogen-bond donors (Lipinski definition) is 1. The lowest BCUT2D eigenvalue weighted by Gasteiger charge is -2.29. The van der Waals surface area contributed by atoms with E-state index in [4.69, 9.17) is 5.73 Å². The zero-order valence-corrected chi connectivity index (χ0v) is 17.4. The van der Waals surface area contributed by atoms with Gasteiger partial charge in [-0.1, -0.05) is 32.0 Å². The number of nitriles is 2. The summed E-state index contributed by atoms with van der Waals surface area (Å²) in [5, 5.41) is 19.5. The fourth-order valence-electron chi connectivity index (χ4n) is 3.67. The normalized spacial score (nSPS) is 12.9. The molecule has 0 fully saturated rings. The van der Waals surface area contributed by atoms with Gasteiger partial charge in [0.05, 0.1) is 11.1 Å². The van der Waals surface area contributed by atoms with E-state index < -0.39 is 0 Å². The van der Waals surface area contributed by atoms with Gasteiger partial charge in [-0.15, -0.1) is 11.8 Å². The second kappa shape index (κ2) is 8.98. The third-order valence-electron chi connectivity index (χ3n) is 5.00. The van der Waals surface area contributed by atoms with E-state index in [2.05, 4.69) is 23.2 Å². The molecule has 6 nitrogen and oxygen atoms in total. The molecule has 1 aliphatic rings. The highest BCUT2D eigenvalue weighted by Crippen LogP contribution is 2.33. The zero-order chi connectivity index (χ0) is 21.0. The number of amides is 1. The Bertz CT molecular complexity index is 1020. The SMILES string of the molecule is CC(C)c1c(C#N)c(N)nc(SCCC(=O)N2CCCc3ccccc32)c1C#N. The first-order valence-electron chi connectivity index (χ1n) is 9.62. The molecule has 0 saturated heterocycles. The maximum absolute atomic E-state index is 12.8. The van der Waals surface area contributed by atoms with E-state index in [-0.39, 0.29) is 23.2 Å². The predicted octanol–water partition coefficient (Wildman–Crippen LogP) is 3.99. The Balaban J connectivity index is 1.76. The summed E-state index contributed by atoms with van der Waals surface area (Å²) in [5.41, 5.74) is 9.44. The number of nitrogen functional groups attached to an aromatic ring is 1. The highest BCUT2D eigenvalue weighted by Gasteiger charge is 2.23. The third kappa shape index (κ3) is 4.21. The number of pyridine rings is 1. The molecule has 1 aromatic heterocycles. The number of carbonyl (C=O) groups excluding carboxylic acids is 1. The summed E-state index contributed by atoms with van der Waals surface area (Å²) in [7, 11) is 0. The van der Waals surface area contributed by atoms with Crippen LogP contribution in [0.1, 0.15) is 54.9 Å². The second-order valence-corrected chi connectivity index (χ2v) is 8.30. The van der Waals surface area contributed by atoms with Gasteiger partial charge in [-0.05, 0) is 36.0 Å². The first kappa shape index (κ1) is 20.7. The van der Waals surface area contributed by atoms with Crippen molar-refractivity contribution in [2.75, 3.05) is 22.9 Å². The van der Waals surface area contributed by atoms with Crippen LogP contribution < -0.4 is 10.6 Å². The van der Waals surface area contributed by atoms with Crippen molar-refractivity contribution in [2.24, 2.45) is 0 Å². The number of thioether (sulfide) groups is 1. The fraction of sp³-hybridized carbons (Fsp3) is 0.364. The average Bonchev–Trinajstić information content (AvgIpc) is 2.72. The molecule has 1 aromatic carbocycles. The van der Waals surface area contributed by atoms with Gasteiger partial charge < -0.3 is 10.6 Å². The molecule has 2 N–H and O–H groups in total. The van der Waals surface area contributed by atoms with Gasteiger partial charge in [0.15, 0.2) is 0 Å². The van der Waals surface area contributed by atoms with E-state index in [1.54, 1.807) is 0 Å². The highest BCUT2D eigenvalue weighted by molar-refractivity contribution is 7.99. The monoisotopic (exact) mass is 405 g/mol. The van der Waals surface area contributed by atoms with Crippen molar-refractivity contribution in [1.82, 2.24) is 4.98 Å². The molecule has 7 heteroatoms. The number of nitrogens with two attached hydrogens (primary N) is 1. The van der Waals surface area contributed by atoms with E-state index in [1.807, 2.05) is 36.9 Å². The minimum absolute atomic E-state index is 0.0320. The van der Waals surface area contributed by atoms with Crippen LogP contribution in [0.25, 0.3) is 0 Å². The van der Waals surface area contributed by atoms with Gasteiger partial charge in [0, 0.05) is 24.4 Å². The Morgan fingerprint density at radius 2 is 2.00 bits per heavy atom. The lowest BCUT2D eigenvalue weighted by atomic mass is 9.94. The summed E-state index contributed by atoms with van der Waals surface area (Å²) < 4.78 is 0. The molecule has 29 heavy (non-hydrogen) atoms. The quantitative estimate of drug-likeness (QED) is 0.754. The second-order valence-electron chi connectivity index (χ2n) is 7.22. The Morgan fingerprint density at radius 3 is 2.69 bits per heavy atom. The van der Waals surface area contributed by atoms with Crippen LogP contribution in [0, 0.1) is 22.7 Å². The van der Waals surface area contributed by atoms with Crippen molar-refractivity contribution < 1.29 is 4.79 Å². The molecule has 0 bridgehead atoms. The summed E-state index contributed by atoms with van der Waals surface area (Å²) in [5.74, 6) is 0.653. The molecule has 148 valence electrons. The van der Waals surface area contributed by atoms with Gasteiger partial charge in [0.2, 0.25) is 5.91 Å². The number of fused-ring (bicyclic) bond motifs is 1. The largest absolute Gasteiger partial charge is 0.383 e. The van der Waals surface area contributed by atoms with Crippen molar-refractivity contribution in [3.63, 3.8) is 0 Å². The zero-order valence-electron chi connectivity index (χ0n) is 16.6. The molecular formula is C22H23N5OS. The van der Waals surface area contributed by atoms with Gasteiger partial charge in [0.25, 0.3) is 0 Å². The Hall–Kier alpha value is -3.03. The highest BCUT2D eigenvalue weighted by atomic mass is 32.2. The topological polar surface area (TPSA) is 107 Å². The van der Waals surface area contributed by atoms with Gasteiger partial charge in [-0.2, -0.15) is 10.5 Å². The van der Waals surface area contributed by atoms with Crippen molar-refractivity contribution in [1.29, 1.82) is 10.5 Å². The minimum atomic E-state index is -0.0320. The molecule has 0 unspecified atom stereocenters. The standard InChI is InChI=1S/C22H23N5OS/c1-14(2)20-16(12-23)21(25)26-22(17(20)13-24)29-11-9-19(28)27-10-5-7-15-6-3-4-8-18(15)27/h3-4,6,8,14H,5,7,9-11H2,1-2H3,(H2,25,26). The van der Waals surface area contributed by atoms with Crippen molar-refractivity contribution in [2.45, 2.75) is 44.1 Å². The molecular weight excluding hydrogens is 382 g/mol. The summed E-state index contributed by atoms with van der Waals surface area (Å²) in [6.45, 7) is 4.56. The molecule has 0 aliphatic carbocycles. The van der Waals surface area contributed by atoms with Crippen LogP contribution in [0.4, 0.5) is 11.5 Å². The van der Waals surface area contributed by atoms with Gasteiger partial charge in [-0.3, -0.25) is 4.79 Å². The molecule has 3 rings (SSSR count). The van der Waals surface area contributed by atoms with Crippen LogP contribution in [0.5, 0.6) is 0 Å². The van der Waals surface area contributed by atoms with E-state index in [9.17, 15) is 15.3 Å². The smallest absolute Gasteiger partial charge is 0.227 e. The number of anilines is 2. The molecule has 0 radical (unpaired) electrons. The molecule has 1 aliphatic heterocycles. The summed E-state index contributed by atoms with van der Waals surface area (Å²) in [6, 6.07) is 12.3. The predicted molar refractivity (Wildman–Crippen MR) is 115 cm³/mol. The number of carbonyl (C=O) groups is 1. The number of aryl methyl sites for hydroxylation is 1. The first-order chi connectivity index (χ1) is 14.0. The Morgan fingerprint density at radius 1 is 1.28 bits per heavy atom. The van der Waals surface area contributed by atoms with Crippen molar-refractivity contribution in [3.8, 4) is 12.1 Å².